The van der Waals surface area contributed by atoms with Crippen LogP contribution >= 0.6 is 0 Å². The summed E-state index contributed by atoms with van der Waals surface area (Å²) in [4.78, 5) is 24.6. The second kappa shape index (κ2) is 8.91. The highest BCUT2D eigenvalue weighted by Crippen LogP contribution is 1.99. The van der Waals surface area contributed by atoms with E-state index in [-0.39, 0.29) is 17.9 Å². The first-order valence-electron chi connectivity index (χ1n) is 6.50. The molecule has 0 fully saturated rings. The Balaban J connectivity index is 3.83. The van der Waals surface area contributed by atoms with Crippen molar-refractivity contribution in [2.24, 2.45) is 5.92 Å². The molecule has 1 unspecified atom stereocenters. The van der Waals surface area contributed by atoms with Crippen molar-refractivity contribution in [3.8, 4) is 0 Å². The second-order valence-corrected chi connectivity index (χ2v) is 4.89. The molecule has 18 heavy (non-hydrogen) atoms. The molecule has 0 aromatic carbocycles. The molecule has 1 amide bonds. The van der Waals surface area contributed by atoms with Gasteiger partial charge in [0, 0.05) is 12.6 Å². The Morgan fingerprint density at radius 1 is 1.28 bits per heavy atom. The number of rotatable bonds is 8. The van der Waals surface area contributed by atoms with Crippen LogP contribution in [-0.2, 0) is 14.3 Å². The third-order valence-corrected chi connectivity index (χ3v) is 2.81. The summed E-state index contributed by atoms with van der Waals surface area (Å²) in [7, 11) is 1.82. The van der Waals surface area contributed by atoms with Crippen molar-refractivity contribution in [3.05, 3.63) is 0 Å². The number of hydrogen-bond donors (Lipinski definition) is 1. The number of hydrogen-bond acceptors (Lipinski definition) is 4. The van der Waals surface area contributed by atoms with Crippen LogP contribution < -0.4 is 5.32 Å². The van der Waals surface area contributed by atoms with E-state index in [1.807, 2.05) is 18.9 Å². The van der Waals surface area contributed by atoms with Gasteiger partial charge in [0.2, 0.25) is 5.91 Å². The number of nitrogens with zero attached hydrogens (tertiary/aromatic N) is 1. The summed E-state index contributed by atoms with van der Waals surface area (Å²) in [5.41, 5.74) is 0. The van der Waals surface area contributed by atoms with Gasteiger partial charge in [-0.25, -0.2) is 0 Å². The first kappa shape index (κ1) is 16.9. The predicted octanol–water partition coefficient (Wildman–Crippen LogP) is 1.03. The monoisotopic (exact) mass is 258 g/mol. The first-order chi connectivity index (χ1) is 8.36. The Morgan fingerprint density at radius 3 is 2.39 bits per heavy atom. The molecule has 0 heterocycles. The topological polar surface area (TPSA) is 58.6 Å². The van der Waals surface area contributed by atoms with Gasteiger partial charge in [0.05, 0.1) is 19.6 Å². The quantitative estimate of drug-likeness (QED) is 0.661. The molecule has 106 valence electrons. The summed E-state index contributed by atoms with van der Waals surface area (Å²) in [6.07, 6.45) is 0.317. The maximum Gasteiger partial charge on any atom is 0.307 e. The standard InChI is InChI=1S/C13H26N2O3/c1-6-18-13(17)7-8-15(5)9-12(16)14-11(4)10(2)3/h10-11H,6-9H2,1-5H3,(H,14,16). The van der Waals surface area contributed by atoms with E-state index in [4.69, 9.17) is 4.74 Å². The molecular formula is C13H26N2O3. The Kier molecular flexibility index (Phi) is 8.37. The number of amides is 1. The zero-order valence-corrected chi connectivity index (χ0v) is 12.2. The molecule has 1 atom stereocenters. The Morgan fingerprint density at radius 2 is 1.89 bits per heavy atom. The van der Waals surface area contributed by atoms with E-state index in [0.29, 0.717) is 32.0 Å². The molecule has 0 bridgehead atoms. The highest BCUT2D eigenvalue weighted by Gasteiger charge is 2.13. The Labute approximate surface area is 110 Å². The number of ether oxygens (including phenoxy) is 1. The second-order valence-electron chi connectivity index (χ2n) is 4.89. The average molecular weight is 258 g/mol. The lowest BCUT2D eigenvalue weighted by Crippen LogP contribution is -2.42. The van der Waals surface area contributed by atoms with Crippen LogP contribution in [0.3, 0.4) is 0 Å². The molecule has 0 aromatic heterocycles. The number of nitrogens with one attached hydrogen (secondary N) is 1. The lowest BCUT2D eigenvalue weighted by Gasteiger charge is -2.20. The van der Waals surface area contributed by atoms with Crippen LogP contribution in [-0.4, -0.2) is 49.6 Å². The van der Waals surface area contributed by atoms with E-state index >= 15 is 0 Å². The van der Waals surface area contributed by atoms with E-state index in [0.717, 1.165) is 0 Å². The fourth-order valence-electron chi connectivity index (χ4n) is 1.31. The van der Waals surface area contributed by atoms with Crippen LogP contribution in [0.25, 0.3) is 0 Å². The number of likely N-dealkylation sites (N-methyl/N-ethyl adjacent to an activating group) is 1. The van der Waals surface area contributed by atoms with Crippen molar-refractivity contribution in [2.75, 3.05) is 26.7 Å². The molecule has 1 N–H and O–H groups in total. The van der Waals surface area contributed by atoms with Gasteiger partial charge in [0.15, 0.2) is 0 Å². The smallest absolute Gasteiger partial charge is 0.307 e. The number of carbonyl (C=O) groups is 2. The first-order valence-corrected chi connectivity index (χ1v) is 6.50. The molecule has 0 aromatic rings. The predicted molar refractivity (Wildman–Crippen MR) is 71.2 cm³/mol. The van der Waals surface area contributed by atoms with Gasteiger partial charge in [-0.05, 0) is 26.8 Å². The van der Waals surface area contributed by atoms with Gasteiger partial charge in [-0.15, -0.1) is 0 Å². The molecule has 5 nitrogen and oxygen atoms in total. The molecule has 0 rings (SSSR count). The summed E-state index contributed by atoms with van der Waals surface area (Å²) in [6, 6.07) is 0.163. The van der Waals surface area contributed by atoms with Crippen molar-refractivity contribution >= 4 is 11.9 Å². The van der Waals surface area contributed by atoms with Gasteiger partial charge in [0.25, 0.3) is 0 Å². The maximum absolute atomic E-state index is 11.7. The molecule has 0 aliphatic carbocycles. The third-order valence-electron chi connectivity index (χ3n) is 2.81. The van der Waals surface area contributed by atoms with Gasteiger partial charge in [-0.1, -0.05) is 13.8 Å². The fraction of sp³-hybridized carbons (Fsp3) is 0.846. The van der Waals surface area contributed by atoms with E-state index in [9.17, 15) is 9.59 Å². The summed E-state index contributed by atoms with van der Waals surface area (Å²) >= 11 is 0. The summed E-state index contributed by atoms with van der Waals surface area (Å²) in [5.74, 6) is 0.182. The molecule has 5 heteroatoms. The molecule has 0 saturated heterocycles. The summed E-state index contributed by atoms with van der Waals surface area (Å²) < 4.78 is 4.83. The largest absolute Gasteiger partial charge is 0.466 e. The number of carbonyl (C=O) groups excluding carboxylic acids is 2. The SMILES string of the molecule is CCOC(=O)CCN(C)CC(=O)NC(C)C(C)C. The van der Waals surface area contributed by atoms with Crippen LogP contribution in [0.4, 0.5) is 0 Å². The van der Waals surface area contributed by atoms with Gasteiger partial charge in [-0.2, -0.15) is 0 Å². The highest BCUT2D eigenvalue weighted by molar-refractivity contribution is 5.78. The lowest BCUT2D eigenvalue weighted by molar-refractivity contribution is -0.143. The normalized spacial score (nSPS) is 12.6. The van der Waals surface area contributed by atoms with Crippen molar-refractivity contribution in [1.82, 2.24) is 10.2 Å². The van der Waals surface area contributed by atoms with Gasteiger partial charge < -0.3 is 10.1 Å². The van der Waals surface area contributed by atoms with Crippen LogP contribution in [0.2, 0.25) is 0 Å². The van der Waals surface area contributed by atoms with E-state index in [2.05, 4.69) is 19.2 Å². The van der Waals surface area contributed by atoms with E-state index in [1.165, 1.54) is 0 Å². The zero-order valence-electron chi connectivity index (χ0n) is 12.2. The van der Waals surface area contributed by atoms with Crippen molar-refractivity contribution in [1.29, 1.82) is 0 Å². The van der Waals surface area contributed by atoms with Crippen molar-refractivity contribution in [2.45, 2.75) is 40.2 Å². The van der Waals surface area contributed by atoms with Crippen molar-refractivity contribution in [3.63, 3.8) is 0 Å². The third kappa shape index (κ3) is 8.06. The van der Waals surface area contributed by atoms with Crippen LogP contribution in [0.5, 0.6) is 0 Å². The summed E-state index contributed by atoms with van der Waals surface area (Å²) in [5, 5.41) is 2.93. The minimum atomic E-state index is -0.222. The van der Waals surface area contributed by atoms with Gasteiger partial charge in [0.1, 0.15) is 0 Å². The Bertz CT molecular complexity index is 267. The average Bonchev–Trinajstić information content (AvgIpc) is 2.26. The minimum absolute atomic E-state index is 0.0115. The molecular weight excluding hydrogens is 232 g/mol. The Hall–Kier alpha value is -1.10. The van der Waals surface area contributed by atoms with Gasteiger partial charge >= 0.3 is 5.97 Å². The van der Waals surface area contributed by atoms with Crippen LogP contribution in [0.15, 0.2) is 0 Å². The molecule has 0 spiro atoms. The fourth-order valence-corrected chi connectivity index (χ4v) is 1.31. The van der Waals surface area contributed by atoms with Crippen molar-refractivity contribution < 1.29 is 14.3 Å². The van der Waals surface area contributed by atoms with Crippen LogP contribution in [0, 0.1) is 5.92 Å². The molecule has 0 radical (unpaired) electrons. The zero-order chi connectivity index (χ0) is 14.1. The lowest BCUT2D eigenvalue weighted by atomic mass is 10.1. The molecule has 0 aliphatic heterocycles. The van der Waals surface area contributed by atoms with Crippen LogP contribution in [0.1, 0.15) is 34.1 Å². The molecule has 0 saturated carbocycles. The highest BCUT2D eigenvalue weighted by atomic mass is 16.5. The van der Waals surface area contributed by atoms with Gasteiger partial charge in [-0.3, -0.25) is 14.5 Å². The maximum atomic E-state index is 11.7. The number of esters is 1. The molecule has 0 aliphatic rings. The minimum Gasteiger partial charge on any atom is -0.466 e. The van der Waals surface area contributed by atoms with E-state index < -0.39 is 0 Å². The van der Waals surface area contributed by atoms with E-state index in [1.54, 1.807) is 6.92 Å². The summed E-state index contributed by atoms with van der Waals surface area (Å²) in [6.45, 7) is 9.13.